The monoisotopic (exact) mass is 366 g/mol. The van der Waals surface area contributed by atoms with Gasteiger partial charge < -0.3 is 14.8 Å². The molecule has 1 saturated heterocycles. The number of aromatic nitrogens is 2. The predicted molar refractivity (Wildman–Crippen MR) is 104 cm³/mol. The van der Waals surface area contributed by atoms with Crippen molar-refractivity contribution in [3.8, 4) is 0 Å². The van der Waals surface area contributed by atoms with Crippen molar-refractivity contribution in [2.45, 2.75) is 38.1 Å². The summed E-state index contributed by atoms with van der Waals surface area (Å²) in [5.41, 5.74) is 2.82. The van der Waals surface area contributed by atoms with Crippen LogP contribution in [0, 0.1) is 0 Å². The van der Waals surface area contributed by atoms with Crippen LogP contribution in [0.15, 0.2) is 35.1 Å². The van der Waals surface area contributed by atoms with Crippen LogP contribution in [0.2, 0.25) is 0 Å². The Balaban J connectivity index is 1.40. The zero-order valence-electron chi connectivity index (χ0n) is 15.8. The summed E-state index contributed by atoms with van der Waals surface area (Å²) in [6.07, 6.45) is 2.98. The number of rotatable bonds is 3. The Labute approximate surface area is 159 Å². The Morgan fingerprint density at radius 1 is 1.19 bits per heavy atom. The maximum atomic E-state index is 12.5. The van der Waals surface area contributed by atoms with Crippen LogP contribution in [-0.4, -0.2) is 52.4 Å². The van der Waals surface area contributed by atoms with Gasteiger partial charge in [-0.25, -0.2) is 4.98 Å². The quantitative estimate of drug-likeness (QED) is 0.898. The lowest BCUT2D eigenvalue weighted by Gasteiger charge is -2.32. The van der Waals surface area contributed by atoms with Gasteiger partial charge in [-0.2, -0.15) is 0 Å². The minimum Gasteiger partial charge on any atom is -0.342 e. The molecule has 0 saturated carbocycles. The SMILES string of the molecule is CN1CCc2nc(C3CCN(C(=O)Cc4ccccc4)CC3)[nH]c(=O)c2C1. The molecule has 4 rings (SSSR count). The largest absolute Gasteiger partial charge is 0.342 e. The molecule has 142 valence electrons. The highest BCUT2D eigenvalue weighted by molar-refractivity contribution is 5.78. The third-order valence-electron chi connectivity index (χ3n) is 5.71. The first-order valence-electron chi connectivity index (χ1n) is 9.72. The van der Waals surface area contributed by atoms with E-state index in [1.807, 2.05) is 42.3 Å². The zero-order chi connectivity index (χ0) is 18.8. The van der Waals surface area contributed by atoms with Crippen molar-refractivity contribution in [3.05, 3.63) is 63.3 Å². The Kier molecular flexibility index (Phi) is 5.07. The molecule has 0 aliphatic carbocycles. The van der Waals surface area contributed by atoms with E-state index in [0.717, 1.165) is 61.5 Å². The van der Waals surface area contributed by atoms with Gasteiger partial charge in [0.05, 0.1) is 17.7 Å². The minimum absolute atomic E-state index is 0.00383. The summed E-state index contributed by atoms with van der Waals surface area (Å²) in [6.45, 7) is 3.05. The van der Waals surface area contributed by atoms with Gasteiger partial charge in [0.15, 0.2) is 0 Å². The van der Waals surface area contributed by atoms with Crippen LogP contribution < -0.4 is 5.56 Å². The van der Waals surface area contributed by atoms with Crippen LogP contribution in [0.4, 0.5) is 0 Å². The standard InChI is InChI=1S/C21H26N4O2/c1-24-10-9-18-17(14-24)21(27)23-20(22-18)16-7-11-25(12-8-16)19(26)13-15-5-3-2-4-6-15/h2-6,16H,7-14H2,1H3,(H,22,23,27). The number of nitrogens with zero attached hydrogens (tertiary/aromatic N) is 3. The van der Waals surface area contributed by atoms with E-state index in [9.17, 15) is 9.59 Å². The second-order valence-electron chi connectivity index (χ2n) is 7.68. The van der Waals surface area contributed by atoms with Crippen molar-refractivity contribution in [3.63, 3.8) is 0 Å². The molecule has 6 heteroatoms. The van der Waals surface area contributed by atoms with Gasteiger partial charge in [-0.05, 0) is 25.5 Å². The van der Waals surface area contributed by atoms with Gasteiger partial charge in [0.1, 0.15) is 5.82 Å². The number of fused-ring (bicyclic) bond motifs is 1. The fourth-order valence-corrected chi connectivity index (χ4v) is 4.06. The van der Waals surface area contributed by atoms with E-state index in [0.29, 0.717) is 13.0 Å². The van der Waals surface area contributed by atoms with E-state index in [2.05, 4.69) is 9.88 Å². The lowest BCUT2D eigenvalue weighted by Crippen LogP contribution is -2.40. The fourth-order valence-electron chi connectivity index (χ4n) is 4.06. The second kappa shape index (κ2) is 7.64. The van der Waals surface area contributed by atoms with Crippen LogP contribution in [-0.2, 0) is 24.2 Å². The zero-order valence-corrected chi connectivity index (χ0v) is 15.8. The van der Waals surface area contributed by atoms with Crippen molar-refractivity contribution in [1.29, 1.82) is 0 Å². The first-order chi connectivity index (χ1) is 13.1. The average Bonchev–Trinajstić information content (AvgIpc) is 2.69. The smallest absolute Gasteiger partial charge is 0.255 e. The number of carbonyl (C=O) groups excluding carboxylic acids is 1. The summed E-state index contributed by atoms with van der Waals surface area (Å²) < 4.78 is 0. The number of hydrogen-bond donors (Lipinski definition) is 1. The Morgan fingerprint density at radius 2 is 1.93 bits per heavy atom. The average molecular weight is 366 g/mol. The third-order valence-corrected chi connectivity index (χ3v) is 5.71. The van der Waals surface area contributed by atoms with Gasteiger partial charge in [0, 0.05) is 38.5 Å². The highest BCUT2D eigenvalue weighted by Crippen LogP contribution is 2.26. The number of benzene rings is 1. The number of H-pyrrole nitrogens is 1. The summed E-state index contributed by atoms with van der Waals surface area (Å²) >= 11 is 0. The van der Waals surface area contributed by atoms with E-state index in [1.54, 1.807) is 0 Å². The van der Waals surface area contributed by atoms with Crippen molar-refractivity contribution < 1.29 is 4.79 Å². The van der Waals surface area contributed by atoms with E-state index in [-0.39, 0.29) is 17.4 Å². The molecule has 1 amide bonds. The molecule has 6 nitrogen and oxygen atoms in total. The van der Waals surface area contributed by atoms with Crippen LogP contribution in [0.25, 0.3) is 0 Å². The van der Waals surface area contributed by atoms with E-state index in [1.165, 1.54) is 0 Å². The summed E-state index contributed by atoms with van der Waals surface area (Å²) in [4.78, 5) is 36.9. The molecule has 0 unspecified atom stereocenters. The molecular weight excluding hydrogens is 340 g/mol. The molecule has 2 aliphatic heterocycles. The van der Waals surface area contributed by atoms with Crippen LogP contribution in [0.5, 0.6) is 0 Å². The lowest BCUT2D eigenvalue weighted by molar-refractivity contribution is -0.131. The van der Waals surface area contributed by atoms with Crippen LogP contribution >= 0.6 is 0 Å². The van der Waals surface area contributed by atoms with Gasteiger partial charge in [0.2, 0.25) is 5.91 Å². The van der Waals surface area contributed by atoms with Crippen LogP contribution in [0.3, 0.4) is 0 Å². The van der Waals surface area contributed by atoms with E-state index < -0.39 is 0 Å². The Bertz CT molecular complexity index is 869. The molecule has 0 bridgehead atoms. The number of hydrogen-bond acceptors (Lipinski definition) is 4. The first kappa shape index (κ1) is 17.9. The van der Waals surface area contributed by atoms with E-state index in [4.69, 9.17) is 4.98 Å². The molecule has 1 aromatic carbocycles. The molecule has 0 radical (unpaired) electrons. The maximum Gasteiger partial charge on any atom is 0.255 e. The predicted octanol–water partition coefficient (Wildman–Crippen LogP) is 1.71. The molecule has 1 aromatic heterocycles. The number of nitrogens with one attached hydrogen (secondary N) is 1. The maximum absolute atomic E-state index is 12.5. The first-order valence-corrected chi connectivity index (χ1v) is 9.72. The molecule has 3 heterocycles. The summed E-state index contributed by atoms with van der Waals surface area (Å²) in [6, 6.07) is 9.87. The normalized spacial score (nSPS) is 18.3. The Hall–Kier alpha value is -2.47. The number of likely N-dealkylation sites (N-methyl/N-ethyl adjacent to an activating group) is 1. The topological polar surface area (TPSA) is 69.3 Å². The second-order valence-corrected chi connectivity index (χ2v) is 7.68. The fraction of sp³-hybridized carbons (Fsp3) is 0.476. The molecular formula is C21H26N4O2. The van der Waals surface area contributed by atoms with Crippen molar-refractivity contribution in [1.82, 2.24) is 19.8 Å². The Morgan fingerprint density at radius 3 is 2.67 bits per heavy atom. The molecule has 0 atom stereocenters. The van der Waals surface area contributed by atoms with Gasteiger partial charge >= 0.3 is 0 Å². The van der Waals surface area contributed by atoms with Gasteiger partial charge in [-0.1, -0.05) is 30.3 Å². The molecule has 2 aliphatic rings. The molecule has 27 heavy (non-hydrogen) atoms. The summed E-state index contributed by atoms with van der Waals surface area (Å²) in [7, 11) is 2.03. The molecule has 1 N–H and O–H groups in total. The van der Waals surface area contributed by atoms with Crippen molar-refractivity contribution >= 4 is 5.91 Å². The summed E-state index contributed by atoms with van der Waals surface area (Å²) in [5, 5.41) is 0. The number of piperidine rings is 1. The van der Waals surface area contributed by atoms with Gasteiger partial charge in [0.25, 0.3) is 5.56 Å². The van der Waals surface area contributed by atoms with Crippen LogP contribution in [0.1, 0.15) is 41.4 Å². The lowest BCUT2D eigenvalue weighted by atomic mass is 9.95. The number of carbonyl (C=O) groups is 1. The van der Waals surface area contributed by atoms with Gasteiger partial charge in [-0.15, -0.1) is 0 Å². The van der Waals surface area contributed by atoms with Crippen molar-refractivity contribution in [2.75, 3.05) is 26.7 Å². The minimum atomic E-state index is 0.00383. The summed E-state index contributed by atoms with van der Waals surface area (Å²) in [5.74, 6) is 1.21. The van der Waals surface area contributed by atoms with Gasteiger partial charge in [-0.3, -0.25) is 9.59 Å². The highest BCUT2D eigenvalue weighted by Gasteiger charge is 2.27. The third kappa shape index (κ3) is 3.95. The highest BCUT2D eigenvalue weighted by atomic mass is 16.2. The molecule has 0 spiro atoms. The molecule has 1 fully saturated rings. The number of likely N-dealkylation sites (tertiary alicyclic amines) is 1. The van der Waals surface area contributed by atoms with Crippen molar-refractivity contribution in [2.24, 2.45) is 0 Å². The van der Waals surface area contributed by atoms with E-state index >= 15 is 0 Å². The number of aromatic amines is 1. The number of amides is 1. The molecule has 2 aromatic rings.